The van der Waals surface area contributed by atoms with Crippen LogP contribution in [0.15, 0.2) is 42.6 Å². The molecule has 0 aliphatic carbocycles. The molecule has 1 aromatic heterocycles. The summed E-state index contributed by atoms with van der Waals surface area (Å²) in [6.07, 6.45) is 3.43. The van der Waals surface area contributed by atoms with Gasteiger partial charge < -0.3 is 10.1 Å². The number of hydrogen-bond donors (Lipinski definition) is 1. The van der Waals surface area contributed by atoms with E-state index in [0.29, 0.717) is 16.4 Å². The number of benzene rings is 1. The summed E-state index contributed by atoms with van der Waals surface area (Å²) in [5.74, 6) is -0.503. The number of rotatable bonds is 6. The molecule has 0 saturated carbocycles. The Morgan fingerprint density at radius 1 is 1.24 bits per heavy atom. The molecular formula is C18H20ClN3O3. The lowest BCUT2D eigenvalue weighted by Gasteiger charge is -2.15. The van der Waals surface area contributed by atoms with E-state index in [2.05, 4.69) is 10.4 Å². The lowest BCUT2D eigenvalue weighted by Crippen LogP contribution is -2.30. The molecule has 0 radical (unpaired) electrons. The Hall–Kier alpha value is -2.60. The van der Waals surface area contributed by atoms with Crippen LogP contribution in [0.4, 0.5) is 5.82 Å². The molecule has 1 aromatic carbocycles. The van der Waals surface area contributed by atoms with Gasteiger partial charge >= 0.3 is 5.97 Å². The summed E-state index contributed by atoms with van der Waals surface area (Å²) in [4.78, 5) is 24.0. The second-order valence-corrected chi connectivity index (χ2v) is 6.09. The van der Waals surface area contributed by atoms with Crippen molar-refractivity contribution in [1.29, 1.82) is 0 Å². The van der Waals surface area contributed by atoms with Crippen molar-refractivity contribution in [3.8, 4) is 0 Å². The molecule has 0 saturated heterocycles. The first-order chi connectivity index (χ1) is 11.9. The number of nitrogens with zero attached hydrogens (tertiary/aromatic N) is 2. The third kappa shape index (κ3) is 5.19. The Labute approximate surface area is 151 Å². The van der Waals surface area contributed by atoms with Gasteiger partial charge in [-0.05, 0) is 38.5 Å². The molecule has 0 bridgehead atoms. The molecule has 0 aliphatic rings. The van der Waals surface area contributed by atoms with Gasteiger partial charge in [0.2, 0.25) is 0 Å². The number of anilines is 1. The van der Waals surface area contributed by atoms with Crippen LogP contribution < -0.4 is 5.32 Å². The molecule has 0 unspecified atom stereocenters. The highest BCUT2D eigenvalue weighted by atomic mass is 35.5. The normalized spacial score (nSPS) is 12.4. The highest BCUT2D eigenvalue weighted by Gasteiger charge is 2.18. The topological polar surface area (TPSA) is 73.2 Å². The van der Waals surface area contributed by atoms with E-state index < -0.39 is 18.0 Å². The monoisotopic (exact) mass is 361 g/mol. The summed E-state index contributed by atoms with van der Waals surface area (Å²) in [5, 5.41) is 7.36. The zero-order chi connectivity index (χ0) is 18.4. The molecule has 2 rings (SSSR count). The maximum absolute atomic E-state index is 12.2. The molecule has 1 heterocycles. The minimum absolute atomic E-state index is 0.0988. The average Bonchev–Trinajstić information content (AvgIpc) is 3.02. The van der Waals surface area contributed by atoms with E-state index in [0.717, 1.165) is 0 Å². The van der Waals surface area contributed by atoms with Gasteiger partial charge in [0, 0.05) is 23.2 Å². The number of hydrogen-bond acceptors (Lipinski definition) is 4. The minimum Gasteiger partial charge on any atom is -0.449 e. The van der Waals surface area contributed by atoms with Gasteiger partial charge in [-0.25, -0.2) is 9.48 Å². The number of halogens is 1. The Bertz CT molecular complexity index is 783. The third-order valence-corrected chi connectivity index (χ3v) is 3.72. The van der Waals surface area contributed by atoms with Crippen molar-refractivity contribution < 1.29 is 14.3 Å². The van der Waals surface area contributed by atoms with Gasteiger partial charge in [0.05, 0.1) is 6.20 Å². The second-order valence-electron chi connectivity index (χ2n) is 5.68. The molecule has 1 N–H and O–H groups in total. The lowest BCUT2D eigenvalue weighted by atomic mass is 10.2. The average molecular weight is 362 g/mol. The summed E-state index contributed by atoms with van der Waals surface area (Å²) < 4.78 is 6.78. The Balaban J connectivity index is 1.93. The molecule has 6 nitrogen and oxygen atoms in total. The summed E-state index contributed by atoms with van der Waals surface area (Å²) in [6, 6.07) is 8.89. The second kappa shape index (κ2) is 8.48. The van der Waals surface area contributed by atoms with Gasteiger partial charge in [-0.2, -0.15) is 5.10 Å². The molecular weight excluding hydrogens is 342 g/mol. The van der Waals surface area contributed by atoms with Gasteiger partial charge in [0.25, 0.3) is 5.91 Å². The third-order valence-electron chi connectivity index (χ3n) is 3.38. The summed E-state index contributed by atoms with van der Waals surface area (Å²) in [6.45, 7) is 5.41. The van der Waals surface area contributed by atoms with Gasteiger partial charge in [0.15, 0.2) is 6.10 Å². The van der Waals surface area contributed by atoms with Crippen LogP contribution in [0.3, 0.4) is 0 Å². The molecule has 1 atom stereocenters. The van der Waals surface area contributed by atoms with Crippen molar-refractivity contribution in [1.82, 2.24) is 9.78 Å². The van der Waals surface area contributed by atoms with Crippen LogP contribution in [0.1, 0.15) is 32.4 Å². The maximum Gasteiger partial charge on any atom is 0.331 e. The van der Waals surface area contributed by atoms with Gasteiger partial charge in [-0.3, -0.25) is 4.79 Å². The van der Waals surface area contributed by atoms with Crippen molar-refractivity contribution in [3.63, 3.8) is 0 Å². The number of esters is 1. The fourth-order valence-corrected chi connectivity index (χ4v) is 2.29. The van der Waals surface area contributed by atoms with Crippen molar-refractivity contribution in [2.24, 2.45) is 0 Å². The molecule has 0 spiro atoms. The van der Waals surface area contributed by atoms with Crippen LogP contribution in [-0.4, -0.2) is 27.8 Å². The van der Waals surface area contributed by atoms with Crippen molar-refractivity contribution in [3.05, 3.63) is 53.2 Å². The van der Waals surface area contributed by atoms with Crippen LogP contribution in [0.5, 0.6) is 0 Å². The molecule has 1 amide bonds. The number of nitrogens with one attached hydrogen (secondary N) is 1. The zero-order valence-electron chi connectivity index (χ0n) is 14.3. The molecule has 2 aromatic rings. The maximum atomic E-state index is 12.2. The fourth-order valence-electron chi connectivity index (χ4n) is 2.09. The predicted molar refractivity (Wildman–Crippen MR) is 97.3 cm³/mol. The van der Waals surface area contributed by atoms with Crippen LogP contribution >= 0.6 is 11.6 Å². The predicted octanol–water partition coefficient (Wildman–Crippen LogP) is 3.70. The van der Waals surface area contributed by atoms with E-state index in [-0.39, 0.29) is 6.04 Å². The van der Waals surface area contributed by atoms with E-state index in [1.807, 2.05) is 19.9 Å². The first kappa shape index (κ1) is 18.7. The van der Waals surface area contributed by atoms with Crippen LogP contribution in [0.2, 0.25) is 5.02 Å². The molecule has 7 heteroatoms. The number of carbonyl (C=O) groups is 2. The quantitative estimate of drug-likeness (QED) is 0.629. The zero-order valence-corrected chi connectivity index (χ0v) is 15.0. The van der Waals surface area contributed by atoms with Crippen LogP contribution in [0, 0.1) is 0 Å². The van der Waals surface area contributed by atoms with Crippen molar-refractivity contribution in [2.45, 2.75) is 32.9 Å². The Kier molecular flexibility index (Phi) is 6.36. The highest BCUT2D eigenvalue weighted by molar-refractivity contribution is 6.32. The standard InChI is InChI=1S/C18H20ClN3O3/c1-12(2)22-16(10-11-20-22)21-18(24)13(3)25-17(23)9-8-14-6-4-5-7-15(14)19/h4-13H,1-3H3,(H,21,24)/b9-8+/t13-/m1/s1. The molecule has 0 aliphatic heterocycles. The highest BCUT2D eigenvalue weighted by Crippen LogP contribution is 2.16. The molecule has 0 fully saturated rings. The van der Waals surface area contributed by atoms with E-state index in [4.69, 9.17) is 16.3 Å². The lowest BCUT2D eigenvalue weighted by molar-refractivity contribution is -0.148. The number of amides is 1. The number of aromatic nitrogens is 2. The van der Waals surface area contributed by atoms with E-state index in [9.17, 15) is 9.59 Å². The number of ether oxygens (including phenoxy) is 1. The van der Waals surface area contributed by atoms with Gasteiger partial charge in [-0.15, -0.1) is 0 Å². The summed E-state index contributed by atoms with van der Waals surface area (Å²) in [7, 11) is 0. The summed E-state index contributed by atoms with van der Waals surface area (Å²) >= 11 is 6.01. The van der Waals surface area contributed by atoms with Crippen molar-refractivity contribution >= 4 is 35.4 Å². The number of carbonyl (C=O) groups excluding carboxylic acids is 2. The first-order valence-electron chi connectivity index (χ1n) is 7.86. The van der Waals surface area contributed by atoms with Crippen LogP contribution in [-0.2, 0) is 14.3 Å². The Morgan fingerprint density at radius 2 is 1.96 bits per heavy atom. The van der Waals surface area contributed by atoms with Crippen molar-refractivity contribution in [2.75, 3.05) is 5.32 Å². The van der Waals surface area contributed by atoms with E-state index >= 15 is 0 Å². The van der Waals surface area contributed by atoms with E-state index in [1.54, 1.807) is 41.2 Å². The first-order valence-corrected chi connectivity index (χ1v) is 8.24. The SMILES string of the molecule is CC(C)n1nccc1NC(=O)[C@@H](C)OC(=O)/C=C/c1ccccc1Cl. The smallest absolute Gasteiger partial charge is 0.331 e. The summed E-state index contributed by atoms with van der Waals surface area (Å²) in [5.41, 5.74) is 0.694. The molecule has 132 valence electrons. The van der Waals surface area contributed by atoms with E-state index in [1.165, 1.54) is 13.0 Å². The van der Waals surface area contributed by atoms with Crippen LogP contribution in [0.25, 0.3) is 6.08 Å². The Morgan fingerprint density at radius 3 is 2.64 bits per heavy atom. The fraction of sp³-hybridized carbons (Fsp3) is 0.278. The molecule has 25 heavy (non-hydrogen) atoms. The minimum atomic E-state index is -0.945. The van der Waals surface area contributed by atoms with Gasteiger partial charge in [0.1, 0.15) is 5.82 Å². The largest absolute Gasteiger partial charge is 0.449 e. The van der Waals surface area contributed by atoms with Gasteiger partial charge in [-0.1, -0.05) is 29.8 Å².